The van der Waals surface area contributed by atoms with Gasteiger partial charge >= 0.3 is 0 Å². The van der Waals surface area contributed by atoms with E-state index in [-0.39, 0.29) is 11.7 Å². The first-order chi connectivity index (χ1) is 17.0. The highest BCUT2D eigenvalue weighted by Crippen LogP contribution is 2.41. The maximum Gasteiger partial charge on any atom is 0.234 e. The van der Waals surface area contributed by atoms with Crippen LogP contribution < -0.4 is 19.5 Å². The number of nitrogens with one attached hydrogen (secondary N) is 1. The Balaban J connectivity index is 1.67. The van der Waals surface area contributed by atoms with Crippen LogP contribution in [0, 0.1) is 0 Å². The molecule has 0 saturated heterocycles. The summed E-state index contributed by atoms with van der Waals surface area (Å²) in [6.45, 7) is 0. The molecule has 0 saturated carbocycles. The first-order valence-electron chi connectivity index (χ1n) is 10.5. The van der Waals surface area contributed by atoms with Crippen molar-refractivity contribution in [1.29, 1.82) is 0 Å². The predicted octanol–water partition coefficient (Wildman–Crippen LogP) is 5.34. The minimum atomic E-state index is -0.172. The molecule has 8 nitrogen and oxygen atoms in total. The van der Waals surface area contributed by atoms with Crippen LogP contribution in [0.4, 0.5) is 5.69 Å². The molecule has 1 heterocycles. The van der Waals surface area contributed by atoms with Gasteiger partial charge in [0.2, 0.25) is 11.7 Å². The molecule has 1 amide bonds. The van der Waals surface area contributed by atoms with E-state index in [1.54, 1.807) is 45.6 Å². The van der Waals surface area contributed by atoms with Crippen molar-refractivity contribution in [3.63, 3.8) is 0 Å². The smallest absolute Gasteiger partial charge is 0.234 e. The number of anilines is 1. The van der Waals surface area contributed by atoms with Gasteiger partial charge in [-0.15, -0.1) is 10.2 Å². The van der Waals surface area contributed by atoms with E-state index in [4.69, 9.17) is 25.8 Å². The highest BCUT2D eigenvalue weighted by Gasteiger charge is 2.21. The quantitative estimate of drug-likeness (QED) is 0.304. The average Bonchev–Trinajstić information content (AvgIpc) is 3.32. The van der Waals surface area contributed by atoms with Gasteiger partial charge < -0.3 is 19.5 Å². The Morgan fingerprint density at radius 1 is 0.943 bits per heavy atom. The van der Waals surface area contributed by atoms with Gasteiger partial charge in [0, 0.05) is 22.0 Å². The molecule has 1 aromatic heterocycles. The van der Waals surface area contributed by atoms with Crippen molar-refractivity contribution in [1.82, 2.24) is 14.8 Å². The summed E-state index contributed by atoms with van der Waals surface area (Å²) in [5.74, 6) is 2.02. The minimum absolute atomic E-state index is 0.142. The summed E-state index contributed by atoms with van der Waals surface area (Å²) < 4.78 is 18.3. The van der Waals surface area contributed by atoms with Gasteiger partial charge in [0.05, 0.1) is 27.1 Å². The molecular formula is C25H23ClN4O4S. The van der Waals surface area contributed by atoms with Crippen molar-refractivity contribution in [3.05, 3.63) is 71.8 Å². The number of ether oxygens (including phenoxy) is 3. The molecular weight excluding hydrogens is 488 g/mol. The fourth-order valence-corrected chi connectivity index (χ4v) is 4.31. The molecule has 0 atom stereocenters. The van der Waals surface area contributed by atoms with E-state index in [1.807, 2.05) is 47.0 Å². The summed E-state index contributed by atoms with van der Waals surface area (Å²) in [7, 11) is 4.67. The molecule has 0 aliphatic rings. The number of para-hydroxylation sites is 1. The van der Waals surface area contributed by atoms with Crippen LogP contribution >= 0.6 is 23.4 Å². The molecule has 0 fully saturated rings. The number of methoxy groups -OCH3 is 3. The topological polar surface area (TPSA) is 87.5 Å². The average molecular weight is 511 g/mol. The third-order valence-electron chi connectivity index (χ3n) is 5.03. The van der Waals surface area contributed by atoms with Crippen LogP contribution in [0.15, 0.2) is 71.9 Å². The number of carbonyl (C=O) groups excluding carboxylic acids is 1. The fraction of sp³-hybridized carbons (Fsp3) is 0.160. The van der Waals surface area contributed by atoms with E-state index in [0.29, 0.717) is 44.5 Å². The van der Waals surface area contributed by atoms with Crippen LogP contribution in [0.3, 0.4) is 0 Å². The molecule has 10 heteroatoms. The van der Waals surface area contributed by atoms with Gasteiger partial charge in [0.25, 0.3) is 0 Å². The zero-order valence-electron chi connectivity index (χ0n) is 19.3. The molecule has 0 aliphatic carbocycles. The summed E-state index contributed by atoms with van der Waals surface area (Å²) in [6.07, 6.45) is 0. The molecule has 35 heavy (non-hydrogen) atoms. The standard InChI is InChI=1S/C25H23ClN4O4S/c1-32-20-13-16(14-21(33-2)23(20)34-3)24-28-29-25(30(24)19-7-5-4-6-8-19)35-15-22(31)27-18-11-9-17(26)10-12-18/h4-14H,15H2,1-3H3,(H,27,31). The Hall–Kier alpha value is -3.69. The maximum atomic E-state index is 12.6. The SMILES string of the molecule is COc1cc(-c2nnc(SCC(=O)Nc3ccc(Cl)cc3)n2-c2ccccc2)cc(OC)c1OC. The van der Waals surface area contributed by atoms with E-state index in [0.717, 1.165) is 5.69 Å². The summed E-state index contributed by atoms with van der Waals surface area (Å²) in [4.78, 5) is 12.6. The number of hydrogen-bond acceptors (Lipinski definition) is 7. The van der Waals surface area contributed by atoms with Crippen LogP contribution in [0.5, 0.6) is 17.2 Å². The second kappa shape index (κ2) is 11.2. The number of thioether (sulfide) groups is 1. The molecule has 0 radical (unpaired) electrons. The zero-order chi connectivity index (χ0) is 24.8. The Labute approximate surface area is 212 Å². The first kappa shape index (κ1) is 24.4. The lowest BCUT2D eigenvalue weighted by Gasteiger charge is -2.15. The molecule has 1 N–H and O–H groups in total. The monoisotopic (exact) mass is 510 g/mol. The summed E-state index contributed by atoms with van der Waals surface area (Å²) in [5, 5.41) is 12.8. The lowest BCUT2D eigenvalue weighted by Crippen LogP contribution is -2.14. The zero-order valence-corrected chi connectivity index (χ0v) is 20.9. The fourth-order valence-electron chi connectivity index (χ4n) is 3.43. The van der Waals surface area contributed by atoms with Crippen LogP contribution in [0.25, 0.3) is 17.1 Å². The second-order valence-corrected chi connectivity index (χ2v) is 8.61. The predicted molar refractivity (Wildman–Crippen MR) is 137 cm³/mol. The Morgan fingerprint density at radius 2 is 1.60 bits per heavy atom. The number of benzene rings is 3. The molecule has 0 aliphatic heterocycles. The molecule has 0 unspecified atom stereocenters. The van der Waals surface area contributed by atoms with Gasteiger partial charge in [-0.05, 0) is 48.5 Å². The Bertz CT molecular complexity index is 1290. The van der Waals surface area contributed by atoms with Crippen LogP contribution in [-0.2, 0) is 4.79 Å². The van der Waals surface area contributed by atoms with Crippen LogP contribution in [0.1, 0.15) is 0 Å². The summed E-state index contributed by atoms with van der Waals surface area (Å²) >= 11 is 7.19. The highest BCUT2D eigenvalue weighted by molar-refractivity contribution is 7.99. The summed E-state index contributed by atoms with van der Waals surface area (Å²) in [5.41, 5.74) is 2.23. The minimum Gasteiger partial charge on any atom is -0.493 e. The van der Waals surface area contributed by atoms with Crippen molar-refractivity contribution < 1.29 is 19.0 Å². The van der Waals surface area contributed by atoms with Gasteiger partial charge in [-0.25, -0.2) is 0 Å². The first-order valence-corrected chi connectivity index (χ1v) is 11.9. The molecule has 3 aromatic carbocycles. The number of nitrogens with zero attached hydrogens (tertiary/aromatic N) is 3. The van der Waals surface area contributed by atoms with E-state index in [1.165, 1.54) is 11.8 Å². The van der Waals surface area contributed by atoms with Gasteiger partial charge in [0.15, 0.2) is 22.5 Å². The van der Waals surface area contributed by atoms with Gasteiger partial charge in [0.1, 0.15) is 0 Å². The van der Waals surface area contributed by atoms with Crippen LogP contribution in [0.2, 0.25) is 5.02 Å². The van der Waals surface area contributed by atoms with Gasteiger partial charge in [-0.3, -0.25) is 9.36 Å². The highest BCUT2D eigenvalue weighted by atomic mass is 35.5. The normalized spacial score (nSPS) is 10.6. The molecule has 4 aromatic rings. The van der Waals surface area contributed by atoms with Crippen LogP contribution in [-0.4, -0.2) is 47.8 Å². The number of hydrogen-bond donors (Lipinski definition) is 1. The lowest BCUT2D eigenvalue weighted by atomic mass is 10.1. The Kier molecular flexibility index (Phi) is 7.79. The second-order valence-electron chi connectivity index (χ2n) is 7.23. The maximum absolute atomic E-state index is 12.6. The number of aromatic nitrogens is 3. The molecule has 4 rings (SSSR count). The van der Waals surface area contributed by atoms with Gasteiger partial charge in [-0.2, -0.15) is 0 Å². The third-order valence-corrected chi connectivity index (χ3v) is 6.21. The van der Waals surface area contributed by atoms with Crippen molar-refractivity contribution in [2.75, 3.05) is 32.4 Å². The van der Waals surface area contributed by atoms with E-state index >= 15 is 0 Å². The van der Waals surface area contributed by atoms with E-state index in [9.17, 15) is 4.79 Å². The van der Waals surface area contributed by atoms with E-state index in [2.05, 4.69) is 15.5 Å². The summed E-state index contributed by atoms with van der Waals surface area (Å²) in [6, 6.07) is 20.2. The van der Waals surface area contributed by atoms with Crippen molar-refractivity contribution in [2.24, 2.45) is 0 Å². The largest absolute Gasteiger partial charge is 0.493 e. The number of carbonyl (C=O) groups is 1. The molecule has 0 spiro atoms. The van der Waals surface area contributed by atoms with E-state index < -0.39 is 0 Å². The van der Waals surface area contributed by atoms with Gasteiger partial charge in [-0.1, -0.05) is 41.6 Å². The van der Waals surface area contributed by atoms with Crippen molar-refractivity contribution in [2.45, 2.75) is 5.16 Å². The number of rotatable bonds is 9. The molecule has 0 bridgehead atoms. The molecule has 180 valence electrons. The lowest BCUT2D eigenvalue weighted by molar-refractivity contribution is -0.113. The van der Waals surface area contributed by atoms with Crippen molar-refractivity contribution in [3.8, 4) is 34.3 Å². The third kappa shape index (κ3) is 5.52. The van der Waals surface area contributed by atoms with Crippen molar-refractivity contribution >= 4 is 35.0 Å². The number of halogens is 1. The number of amides is 1. The Morgan fingerprint density at radius 3 is 2.20 bits per heavy atom.